The molecule has 0 saturated heterocycles. The van der Waals surface area contributed by atoms with Crippen LogP contribution in [0.1, 0.15) is 12.0 Å². The van der Waals surface area contributed by atoms with Gasteiger partial charge in [0.15, 0.2) is 5.84 Å². The molecule has 0 heterocycles. The fraction of sp³-hybridized carbons (Fsp3) is 0.500. The first-order valence-corrected chi connectivity index (χ1v) is 7.74. The van der Waals surface area contributed by atoms with E-state index in [1.807, 2.05) is 31.5 Å². The van der Waals surface area contributed by atoms with E-state index in [9.17, 15) is 0 Å². The van der Waals surface area contributed by atoms with Crippen molar-refractivity contribution < 1.29 is 5.21 Å². The van der Waals surface area contributed by atoms with Crippen LogP contribution in [0.2, 0.25) is 0 Å². The van der Waals surface area contributed by atoms with E-state index in [0.29, 0.717) is 0 Å². The van der Waals surface area contributed by atoms with E-state index in [-0.39, 0.29) is 5.84 Å². The van der Waals surface area contributed by atoms with Gasteiger partial charge >= 0.3 is 0 Å². The van der Waals surface area contributed by atoms with Gasteiger partial charge in [0.25, 0.3) is 0 Å². The molecule has 0 bridgehead atoms. The summed E-state index contributed by atoms with van der Waals surface area (Å²) in [5, 5.41) is 12.2. The highest BCUT2D eigenvalue weighted by atomic mass is 32.2. The predicted molar refractivity (Wildman–Crippen MR) is 87.2 cm³/mol. The second-order valence-electron chi connectivity index (χ2n) is 4.92. The topological polar surface area (TPSA) is 65.1 Å². The Kier molecular flexibility index (Phi) is 6.67. The summed E-state index contributed by atoms with van der Waals surface area (Å²) in [5.41, 5.74) is 7.63. The van der Waals surface area contributed by atoms with Gasteiger partial charge in [0.1, 0.15) is 0 Å². The average Bonchev–Trinajstić information content (AvgIpc) is 2.44. The van der Waals surface area contributed by atoms with Crippen LogP contribution < -0.4 is 10.6 Å². The summed E-state index contributed by atoms with van der Waals surface area (Å²) in [6.07, 6.45) is 3.04. The van der Waals surface area contributed by atoms with Gasteiger partial charge in [-0.3, -0.25) is 0 Å². The minimum absolute atomic E-state index is 0.157. The zero-order chi connectivity index (χ0) is 15.1. The Balaban J connectivity index is 2.98. The van der Waals surface area contributed by atoms with Crippen LogP contribution in [0, 0.1) is 0 Å². The molecule has 1 aromatic rings. The van der Waals surface area contributed by atoms with Crippen molar-refractivity contribution in [3.05, 3.63) is 23.8 Å². The summed E-state index contributed by atoms with van der Waals surface area (Å²) in [5.74, 6) is 0.157. The van der Waals surface area contributed by atoms with Crippen molar-refractivity contribution in [2.45, 2.75) is 11.3 Å². The third-order valence-corrected chi connectivity index (χ3v) is 3.88. The molecule has 0 aliphatic carbocycles. The van der Waals surface area contributed by atoms with Gasteiger partial charge in [-0.1, -0.05) is 11.2 Å². The van der Waals surface area contributed by atoms with Gasteiger partial charge in [-0.05, 0) is 45.4 Å². The Labute approximate surface area is 125 Å². The lowest BCUT2D eigenvalue weighted by molar-refractivity contribution is 0.318. The van der Waals surface area contributed by atoms with Crippen LogP contribution in [-0.2, 0) is 0 Å². The second kappa shape index (κ2) is 8.01. The van der Waals surface area contributed by atoms with Crippen LogP contribution in [-0.4, -0.2) is 56.4 Å². The summed E-state index contributed by atoms with van der Waals surface area (Å²) < 4.78 is 0. The van der Waals surface area contributed by atoms with Gasteiger partial charge in [0, 0.05) is 24.2 Å². The Bertz CT molecular complexity index is 462. The maximum Gasteiger partial charge on any atom is 0.173 e. The van der Waals surface area contributed by atoms with Gasteiger partial charge in [0.05, 0.1) is 5.56 Å². The molecule has 20 heavy (non-hydrogen) atoms. The summed E-state index contributed by atoms with van der Waals surface area (Å²) in [6.45, 7) is 1.95. The minimum atomic E-state index is 0.157. The molecule has 1 rings (SSSR count). The third-order valence-electron chi connectivity index (χ3n) is 3.10. The number of amidine groups is 1. The SMILES string of the molecule is CSc1cccc(N(C)CCCN(C)C)c1/C(N)=N/O. The molecule has 112 valence electrons. The highest BCUT2D eigenvalue weighted by Gasteiger charge is 2.15. The van der Waals surface area contributed by atoms with E-state index in [2.05, 4.69) is 29.1 Å². The number of rotatable bonds is 7. The number of nitrogens with zero attached hydrogens (tertiary/aromatic N) is 3. The van der Waals surface area contributed by atoms with Crippen LogP contribution in [0.3, 0.4) is 0 Å². The van der Waals surface area contributed by atoms with E-state index in [0.717, 1.165) is 35.7 Å². The fourth-order valence-electron chi connectivity index (χ4n) is 2.06. The highest BCUT2D eigenvalue weighted by Crippen LogP contribution is 2.29. The molecule has 5 nitrogen and oxygen atoms in total. The number of thioether (sulfide) groups is 1. The molecule has 6 heteroatoms. The largest absolute Gasteiger partial charge is 0.409 e. The number of benzene rings is 1. The molecule has 0 aromatic heterocycles. The van der Waals surface area contributed by atoms with Crippen molar-refractivity contribution in [1.29, 1.82) is 0 Å². The zero-order valence-electron chi connectivity index (χ0n) is 12.6. The van der Waals surface area contributed by atoms with Crippen molar-refractivity contribution in [1.82, 2.24) is 4.90 Å². The molecule has 0 saturated carbocycles. The van der Waals surface area contributed by atoms with E-state index < -0.39 is 0 Å². The van der Waals surface area contributed by atoms with Crippen molar-refractivity contribution in [3.8, 4) is 0 Å². The van der Waals surface area contributed by atoms with Crippen molar-refractivity contribution in [2.24, 2.45) is 10.9 Å². The molecule has 0 spiro atoms. The molecule has 0 atom stereocenters. The lowest BCUT2D eigenvalue weighted by Crippen LogP contribution is -2.26. The lowest BCUT2D eigenvalue weighted by atomic mass is 10.1. The van der Waals surface area contributed by atoms with Crippen LogP contribution in [0.4, 0.5) is 5.69 Å². The van der Waals surface area contributed by atoms with E-state index in [4.69, 9.17) is 10.9 Å². The van der Waals surface area contributed by atoms with Crippen LogP contribution in [0.5, 0.6) is 0 Å². The fourth-order valence-corrected chi connectivity index (χ4v) is 2.69. The molecule has 0 aliphatic heterocycles. The van der Waals surface area contributed by atoms with Crippen LogP contribution in [0.15, 0.2) is 28.3 Å². The first-order valence-electron chi connectivity index (χ1n) is 6.52. The molecule has 3 N–H and O–H groups in total. The maximum absolute atomic E-state index is 8.99. The summed E-state index contributed by atoms with van der Waals surface area (Å²) in [6, 6.07) is 5.98. The zero-order valence-corrected chi connectivity index (χ0v) is 13.4. The van der Waals surface area contributed by atoms with Gasteiger partial charge in [-0.15, -0.1) is 11.8 Å². The summed E-state index contributed by atoms with van der Waals surface area (Å²) in [7, 11) is 6.16. The van der Waals surface area contributed by atoms with Gasteiger partial charge in [-0.2, -0.15) is 0 Å². The monoisotopic (exact) mass is 296 g/mol. The minimum Gasteiger partial charge on any atom is -0.409 e. The average molecular weight is 296 g/mol. The van der Waals surface area contributed by atoms with E-state index in [1.54, 1.807) is 11.8 Å². The Morgan fingerprint density at radius 3 is 2.55 bits per heavy atom. The van der Waals surface area contributed by atoms with Gasteiger partial charge in [0.2, 0.25) is 0 Å². The molecule has 0 aliphatic rings. The molecular formula is C14H24N4OS. The second-order valence-corrected chi connectivity index (χ2v) is 5.77. The number of oxime groups is 1. The molecule has 1 aromatic carbocycles. The van der Waals surface area contributed by atoms with Crippen LogP contribution in [0.25, 0.3) is 0 Å². The maximum atomic E-state index is 8.99. The molecule has 0 radical (unpaired) electrons. The summed E-state index contributed by atoms with van der Waals surface area (Å²) in [4.78, 5) is 5.32. The molecule has 0 amide bonds. The summed E-state index contributed by atoms with van der Waals surface area (Å²) >= 11 is 1.59. The van der Waals surface area contributed by atoms with Gasteiger partial charge in [-0.25, -0.2) is 0 Å². The molecule has 0 unspecified atom stereocenters. The van der Waals surface area contributed by atoms with Crippen molar-refractivity contribution in [2.75, 3.05) is 45.4 Å². The van der Waals surface area contributed by atoms with Crippen molar-refractivity contribution in [3.63, 3.8) is 0 Å². The number of anilines is 1. The highest BCUT2D eigenvalue weighted by molar-refractivity contribution is 7.98. The number of hydrogen-bond acceptors (Lipinski definition) is 5. The first kappa shape index (κ1) is 16.7. The van der Waals surface area contributed by atoms with Crippen molar-refractivity contribution >= 4 is 23.3 Å². The van der Waals surface area contributed by atoms with Gasteiger partial charge < -0.3 is 20.7 Å². The number of nitrogens with two attached hydrogens (primary N) is 1. The normalized spacial score (nSPS) is 11.9. The number of hydrogen-bond donors (Lipinski definition) is 2. The Morgan fingerprint density at radius 2 is 2.00 bits per heavy atom. The third kappa shape index (κ3) is 4.31. The quantitative estimate of drug-likeness (QED) is 0.264. The van der Waals surface area contributed by atoms with Crippen LogP contribution >= 0.6 is 11.8 Å². The van der Waals surface area contributed by atoms with E-state index in [1.165, 1.54) is 0 Å². The molecular weight excluding hydrogens is 272 g/mol. The standard InChI is InChI=1S/C14H24N4OS/c1-17(2)9-6-10-18(3)11-7-5-8-12(20-4)13(11)14(15)16-19/h5,7-8,19H,6,9-10H2,1-4H3,(H2,15,16). The first-order chi connectivity index (χ1) is 9.51. The Hall–Kier alpha value is -1.40. The predicted octanol–water partition coefficient (Wildman–Crippen LogP) is 1.89. The Morgan fingerprint density at radius 1 is 1.30 bits per heavy atom. The lowest BCUT2D eigenvalue weighted by Gasteiger charge is -2.24. The molecule has 0 fully saturated rings. The smallest absolute Gasteiger partial charge is 0.173 e. The van der Waals surface area contributed by atoms with E-state index >= 15 is 0 Å².